The van der Waals surface area contributed by atoms with Gasteiger partial charge in [0.2, 0.25) is 10.0 Å². The first-order valence-corrected chi connectivity index (χ1v) is 6.97. The Hall–Kier alpha value is -1.07. The monoisotopic (exact) mass is 256 g/mol. The van der Waals surface area contributed by atoms with Gasteiger partial charge in [0.05, 0.1) is 4.90 Å². The van der Waals surface area contributed by atoms with E-state index in [0.717, 1.165) is 5.56 Å². The quantitative estimate of drug-likeness (QED) is 0.840. The fourth-order valence-corrected chi connectivity index (χ4v) is 3.16. The molecule has 0 aliphatic carbocycles. The molecule has 0 fully saturated rings. The number of sulfonamides is 1. The lowest BCUT2D eigenvalue weighted by Gasteiger charge is -2.22. The highest BCUT2D eigenvalue weighted by atomic mass is 32.2. The van der Waals surface area contributed by atoms with Crippen molar-refractivity contribution in [2.45, 2.75) is 38.6 Å². The van der Waals surface area contributed by atoms with Gasteiger partial charge in [0, 0.05) is 18.8 Å². The van der Waals surface area contributed by atoms with Gasteiger partial charge in [-0.25, -0.2) is 8.42 Å². The van der Waals surface area contributed by atoms with Crippen molar-refractivity contribution in [1.82, 2.24) is 4.31 Å². The highest BCUT2D eigenvalue weighted by Gasteiger charge is 2.25. The smallest absolute Gasteiger partial charge is 0.243 e. The van der Waals surface area contributed by atoms with Crippen LogP contribution in [0.1, 0.15) is 25.0 Å². The van der Waals surface area contributed by atoms with Crippen molar-refractivity contribution in [3.05, 3.63) is 23.3 Å². The van der Waals surface area contributed by atoms with Crippen molar-refractivity contribution in [3.63, 3.8) is 0 Å². The van der Waals surface area contributed by atoms with Crippen molar-refractivity contribution >= 4 is 15.7 Å². The number of benzene rings is 1. The van der Waals surface area contributed by atoms with E-state index in [1.807, 2.05) is 20.8 Å². The topological polar surface area (TPSA) is 63.4 Å². The number of anilines is 1. The SMILES string of the molecule is Cc1ccc(S(=O)(=O)N(C)C(C)C)c(C)c1N. The van der Waals surface area contributed by atoms with E-state index in [0.29, 0.717) is 11.3 Å². The molecule has 0 aliphatic heterocycles. The number of nitrogens with zero attached hydrogens (tertiary/aromatic N) is 1. The van der Waals surface area contributed by atoms with Gasteiger partial charge in [-0.1, -0.05) is 6.07 Å². The van der Waals surface area contributed by atoms with Crippen LogP contribution < -0.4 is 5.73 Å². The second-order valence-corrected chi connectivity index (χ2v) is 6.50. The van der Waals surface area contributed by atoms with Crippen LogP contribution in [0.3, 0.4) is 0 Å². The van der Waals surface area contributed by atoms with Gasteiger partial charge in [-0.2, -0.15) is 4.31 Å². The fourth-order valence-electron chi connectivity index (χ4n) is 1.56. The molecule has 0 amide bonds. The third-order valence-corrected chi connectivity index (χ3v) is 5.25. The Kier molecular flexibility index (Phi) is 3.84. The minimum atomic E-state index is -3.45. The van der Waals surface area contributed by atoms with Crippen molar-refractivity contribution in [2.75, 3.05) is 12.8 Å². The summed E-state index contributed by atoms with van der Waals surface area (Å²) in [4.78, 5) is 0.289. The lowest BCUT2D eigenvalue weighted by atomic mass is 10.1. The molecular weight excluding hydrogens is 236 g/mol. The van der Waals surface area contributed by atoms with Gasteiger partial charge in [-0.05, 0) is 44.9 Å². The van der Waals surface area contributed by atoms with Crippen molar-refractivity contribution in [3.8, 4) is 0 Å². The molecule has 0 spiro atoms. The first kappa shape index (κ1) is 14.0. The lowest BCUT2D eigenvalue weighted by Crippen LogP contribution is -2.33. The highest BCUT2D eigenvalue weighted by molar-refractivity contribution is 7.89. The summed E-state index contributed by atoms with van der Waals surface area (Å²) in [5.74, 6) is 0. The zero-order valence-electron chi connectivity index (χ0n) is 11.0. The predicted octanol–water partition coefficient (Wildman–Crippen LogP) is 1.91. The number of hydrogen-bond donors (Lipinski definition) is 1. The number of rotatable bonds is 3. The molecule has 96 valence electrons. The number of aryl methyl sites for hydroxylation is 1. The Labute approximate surface area is 103 Å². The lowest BCUT2D eigenvalue weighted by molar-refractivity contribution is 0.410. The number of hydrogen-bond acceptors (Lipinski definition) is 3. The van der Waals surface area contributed by atoms with Crippen LogP contribution in [0.15, 0.2) is 17.0 Å². The average Bonchev–Trinajstić information content (AvgIpc) is 2.24. The summed E-state index contributed by atoms with van der Waals surface area (Å²) < 4.78 is 26.0. The second kappa shape index (κ2) is 4.66. The van der Waals surface area contributed by atoms with E-state index in [1.165, 1.54) is 4.31 Å². The average molecular weight is 256 g/mol. The zero-order chi connectivity index (χ0) is 13.4. The van der Waals surface area contributed by atoms with Gasteiger partial charge >= 0.3 is 0 Å². The maximum Gasteiger partial charge on any atom is 0.243 e. The summed E-state index contributed by atoms with van der Waals surface area (Å²) in [5, 5.41) is 0. The normalized spacial score (nSPS) is 12.4. The molecule has 4 nitrogen and oxygen atoms in total. The predicted molar refractivity (Wildman–Crippen MR) is 70.4 cm³/mol. The van der Waals surface area contributed by atoms with Crippen LogP contribution >= 0.6 is 0 Å². The molecule has 0 unspecified atom stereocenters. The van der Waals surface area contributed by atoms with E-state index in [-0.39, 0.29) is 10.9 Å². The largest absolute Gasteiger partial charge is 0.398 e. The maximum atomic E-state index is 12.3. The molecule has 1 rings (SSSR count). The van der Waals surface area contributed by atoms with Gasteiger partial charge in [-0.3, -0.25) is 0 Å². The van der Waals surface area contributed by atoms with E-state index in [4.69, 9.17) is 5.73 Å². The fraction of sp³-hybridized carbons (Fsp3) is 0.500. The summed E-state index contributed by atoms with van der Waals surface area (Å²) in [6.07, 6.45) is 0. The molecule has 1 aromatic rings. The first-order chi connectivity index (χ1) is 7.69. The van der Waals surface area contributed by atoms with Crippen LogP contribution in [-0.4, -0.2) is 25.8 Å². The molecule has 17 heavy (non-hydrogen) atoms. The van der Waals surface area contributed by atoms with Crippen LogP contribution in [0.5, 0.6) is 0 Å². The van der Waals surface area contributed by atoms with Crippen LogP contribution in [0.2, 0.25) is 0 Å². The van der Waals surface area contributed by atoms with Crippen molar-refractivity contribution in [2.24, 2.45) is 0 Å². The molecule has 0 aromatic heterocycles. The Morgan fingerprint density at radius 2 is 1.76 bits per heavy atom. The number of nitrogen functional groups attached to an aromatic ring is 1. The van der Waals surface area contributed by atoms with E-state index in [1.54, 1.807) is 26.1 Å². The minimum absolute atomic E-state index is 0.0815. The molecule has 5 heteroatoms. The van der Waals surface area contributed by atoms with Gasteiger partial charge in [0.15, 0.2) is 0 Å². The third-order valence-electron chi connectivity index (χ3n) is 3.07. The van der Waals surface area contributed by atoms with Gasteiger partial charge < -0.3 is 5.73 Å². The highest BCUT2D eigenvalue weighted by Crippen LogP contribution is 2.26. The summed E-state index contributed by atoms with van der Waals surface area (Å²) in [6.45, 7) is 7.28. The van der Waals surface area contributed by atoms with E-state index in [2.05, 4.69) is 0 Å². The van der Waals surface area contributed by atoms with Gasteiger partial charge in [0.1, 0.15) is 0 Å². The standard InChI is InChI=1S/C12H20N2O2S/c1-8(2)14(5)17(15,16)11-7-6-9(3)12(13)10(11)4/h6-8H,13H2,1-5H3. The molecular formula is C12H20N2O2S. The first-order valence-electron chi connectivity index (χ1n) is 5.53. The molecule has 0 atom stereocenters. The van der Waals surface area contributed by atoms with Gasteiger partial charge in [-0.15, -0.1) is 0 Å². The molecule has 0 radical (unpaired) electrons. The van der Waals surface area contributed by atoms with Crippen LogP contribution in [0.4, 0.5) is 5.69 Å². The Morgan fingerprint density at radius 3 is 2.24 bits per heavy atom. The Balaban J connectivity index is 3.41. The third kappa shape index (κ3) is 2.45. The molecule has 0 heterocycles. The molecule has 0 aliphatic rings. The van der Waals surface area contributed by atoms with Crippen molar-refractivity contribution < 1.29 is 8.42 Å². The Bertz CT molecular complexity index is 522. The van der Waals surface area contributed by atoms with Crippen molar-refractivity contribution in [1.29, 1.82) is 0 Å². The minimum Gasteiger partial charge on any atom is -0.398 e. The van der Waals surface area contributed by atoms with Crippen LogP contribution in [0.25, 0.3) is 0 Å². The van der Waals surface area contributed by atoms with Gasteiger partial charge in [0.25, 0.3) is 0 Å². The van der Waals surface area contributed by atoms with E-state index < -0.39 is 10.0 Å². The summed E-state index contributed by atoms with van der Waals surface area (Å²) in [5.41, 5.74) is 7.94. The maximum absolute atomic E-state index is 12.3. The summed E-state index contributed by atoms with van der Waals surface area (Å²) in [7, 11) is -1.88. The molecule has 1 aromatic carbocycles. The van der Waals surface area contributed by atoms with E-state index >= 15 is 0 Å². The molecule has 0 bridgehead atoms. The summed E-state index contributed by atoms with van der Waals surface area (Å²) in [6, 6.07) is 3.28. The van der Waals surface area contributed by atoms with E-state index in [9.17, 15) is 8.42 Å². The zero-order valence-corrected chi connectivity index (χ0v) is 11.8. The van der Waals surface area contributed by atoms with Crippen LogP contribution in [0, 0.1) is 13.8 Å². The summed E-state index contributed by atoms with van der Waals surface area (Å²) >= 11 is 0. The molecule has 0 saturated heterocycles. The second-order valence-electron chi connectivity index (χ2n) is 4.53. The van der Waals surface area contributed by atoms with Crippen LogP contribution in [-0.2, 0) is 10.0 Å². The molecule has 0 saturated carbocycles. The Morgan fingerprint density at radius 1 is 1.24 bits per heavy atom. The number of nitrogens with two attached hydrogens (primary N) is 1. The molecule has 2 N–H and O–H groups in total.